The second-order valence-corrected chi connectivity index (χ2v) is 9.21. The Hall–Kier alpha value is -1.58. The zero-order valence-electron chi connectivity index (χ0n) is 17.1. The van der Waals surface area contributed by atoms with E-state index in [-0.39, 0.29) is 24.2 Å². The van der Waals surface area contributed by atoms with Gasteiger partial charge in [0.25, 0.3) is 0 Å². The molecule has 162 valence electrons. The average molecular weight is 440 g/mol. The van der Waals surface area contributed by atoms with Crippen LogP contribution in [0.15, 0.2) is 12.1 Å². The van der Waals surface area contributed by atoms with Gasteiger partial charge in [0.2, 0.25) is 11.8 Å². The van der Waals surface area contributed by atoms with Crippen LogP contribution < -0.4 is 15.8 Å². The minimum absolute atomic E-state index is 0.0226. The lowest BCUT2D eigenvalue weighted by Crippen LogP contribution is -2.47. The SMILES string of the molecule is CC1CCCCC1.N=C(N)c1ccc(CNC(=O)C2CCCN2C(=O)CNS)s1. The van der Waals surface area contributed by atoms with Crippen LogP contribution in [0.4, 0.5) is 0 Å². The standard InChI is InChI=1S/C13H19N5O2S2.C7H14/c14-12(15)10-4-3-8(22-10)6-16-13(20)9-2-1-5-18(9)11(19)7-17-21;1-7-5-3-2-4-6-7/h3-4,9,17,21H,1-2,5-7H2,(H3,14,15)(H,16,20);7H,2-6H2,1H3. The molecule has 2 aliphatic rings. The summed E-state index contributed by atoms with van der Waals surface area (Å²) in [5.74, 6) is 0.786. The summed E-state index contributed by atoms with van der Waals surface area (Å²) in [6.45, 7) is 3.44. The summed E-state index contributed by atoms with van der Waals surface area (Å²) in [5.41, 5.74) is 5.41. The summed E-state index contributed by atoms with van der Waals surface area (Å²) >= 11 is 5.19. The highest BCUT2D eigenvalue weighted by atomic mass is 32.1. The fourth-order valence-electron chi connectivity index (χ4n) is 3.72. The predicted octanol–water partition coefficient (Wildman–Crippen LogP) is 2.66. The first-order valence-corrected chi connectivity index (χ1v) is 11.6. The Morgan fingerprint density at radius 3 is 2.52 bits per heavy atom. The molecule has 1 saturated heterocycles. The fourth-order valence-corrected chi connectivity index (χ4v) is 4.67. The number of nitrogens with one attached hydrogen (secondary N) is 3. The number of hydrogen-bond acceptors (Lipinski definition) is 6. The maximum absolute atomic E-state index is 12.3. The Balaban J connectivity index is 0.000000360. The number of nitrogens with zero attached hydrogens (tertiary/aromatic N) is 1. The molecule has 1 atom stereocenters. The van der Waals surface area contributed by atoms with Gasteiger partial charge >= 0.3 is 0 Å². The Bertz CT molecular complexity index is 688. The topological polar surface area (TPSA) is 111 Å². The number of hydrogen-bond donors (Lipinski definition) is 5. The van der Waals surface area contributed by atoms with Gasteiger partial charge in [-0.1, -0.05) is 51.8 Å². The van der Waals surface area contributed by atoms with E-state index in [9.17, 15) is 9.59 Å². The van der Waals surface area contributed by atoms with Crippen LogP contribution >= 0.6 is 24.2 Å². The monoisotopic (exact) mass is 439 g/mol. The second kappa shape index (κ2) is 12.2. The molecule has 1 aliphatic heterocycles. The molecule has 5 N–H and O–H groups in total. The van der Waals surface area contributed by atoms with Crippen LogP contribution in [-0.2, 0) is 16.1 Å². The quantitative estimate of drug-likeness (QED) is 0.266. The molecule has 9 heteroatoms. The molecule has 0 spiro atoms. The van der Waals surface area contributed by atoms with Crippen LogP contribution in [0.2, 0.25) is 0 Å². The van der Waals surface area contributed by atoms with Crippen molar-refractivity contribution in [2.45, 2.75) is 64.5 Å². The Labute approximate surface area is 182 Å². The van der Waals surface area contributed by atoms with Crippen LogP contribution in [-0.4, -0.2) is 41.7 Å². The zero-order chi connectivity index (χ0) is 21.2. The number of amidine groups is 1. The molecule has 1 aliphatic carbocycles. The van der Waals surface area contributed by atoms with Crippen molar-refractivity contribution >= 4 is 41.8 Å². The number of rotatable bonds is 6. The van der Waals surface area contributed by atoms with Gasteiger partial charge in [0, 0.05) is 11.4 Å². The number of thiophene rings is 1. The molecule has 1 aromatic rings. The van der Waals surface area contributed by atoms with Gasteiger partial charge in [0.15, 0.2) is 0 Å². The van der Waals surface area contributed by atoms with E-state index < -0.39 is 6.04 Å². The van der Waals surface area contributed by atoms with Gasteiger partial charge in [-0.3, -0.25) is 19.7 Å². The van der Waals surface area contributed by atoms with E-state index in [1.807, 2.05) is 6.07 Å². The van der Waals surface area contributed by atoms with Gasteiger partial charge in [0.1, 0.15) is 11.9 Å². The van der Waals surface area contributed by atoms with E-state index in [0.29, 0.717) is 24.4 Å². The molecule has 0 aromatic carbocycles. The van der Waals surface area contributed by atoms with Crippen molar-refractivity contribution in [3.63, 3.8) is 0 Å². The molecule has 1 unspecified atom stereocenters. The molecule has 2 heterocycles. The summed E-state index contributed by atoms with van der Waals surface area (Å²) < 4.78 is 2.52. The largest absolute Gasteiger partial charge is 0.383 e. The number of carbonyl (C=O) groups is 2. The molecule has 2 amide bonds. The number of carbonyl (C=O) groups excluding carboxylic acids is 2. The minimum Gasteiger partial charge on any atom is -0.383 e. The van der Waals surface area contributed by atoms with Gasteiger partial charge in [-0.25, -0.2) is 0 Å². The lowest BCUT2D eigenvalue weighted by Gasteiger charge is -2.23. The predicted molar refractivity (Wildman–Crippen MR) is 121 cm³/mol. The van der Waals surface area contributed by atoms with Crippen molar-refractivity contribution < 1.29 is 9.59 Å². The molecular formula is C20H33N5O2S2. The van der Waals surface area contributed by atoms with Crippen molar-refractivity contribution in [2.75, 3.05) is 13.1 Å². The van der Waals surface area contributed by atoms with Gasteiger partial charge in [-0.05, 0) is 30.9 Å². The summed E-state index contributed by atoms with van der Waals surface area (Å²) in [5, 5.41) is 10.2. The average Bonchev–Trinajstić information content (AvgIpc) is 3.37. The summed E-state index contributed by atoms with van der Waals surface area (Å²) in [4.78, 5) is 27.4. The number of thiol groups is 1. The summed E-state index contributed by atoms with van der Waals surface area (Å²) in [7, 11) is 0. The molecule has 29 heavy (non-hydrogen) atoms. The normalized spacial score (nSPS) is 19.4. The number of nitrogens with two attached hydrogens (primary N) is 1. The minimum atomic E-state index is -0.415. The molecule has 0 radical (unpaired) electrons. The highest BCUT2D eigenvalue weighted by molar-refractivity contribution is 7.78. The van der Waals surface area contributed by atoms with Crippen molar-refractivity contribution in [1.29, 1.82) is 5.41 Å². The Morgan fingerprint density at radius 2 is 1.97 bits per heavy atom. The Morgan fingerprint density at radius 1 is 1.24 bits per heavy atom. The molecule has 3 rings (SSSR count). The van der Waals surface area contributed by atoms with Crippen LogP contribution in [0.5, 0.6) is 0 Å². The first-order valence-electron chi connectivity index (χ1n) is 10.3. The third kappa shape index (κ3) is 7.64. The highest BCUT2D eigenvalue weighted by Crippen LogP contribution is 2.22. The van der Waals surface area contributed by atoms with E-state index in [4.69, 9.17) is 11.1 Å². The van der Waals surface area contributed by atoms with Crippen LogP contribution in [0.25, 0.3) is 0 Å². The maximum atomic E-state index is 12.3. The van der Waals surface area contributed by atoms with Gasteiger partial charge in [-0.2, -0.15) is 0 Å². The van der Waals surface area contributed by atoms with Gasteiger partial charge < -0.3 is 16.0 Å². The third-order valence-electron chi connectivity index (χ3n) is 5.36. The molecule has 7 nitrogen and oxygen atoms in total. The highest BCUT2D eigenvalue weighted by Gasteiger charge is 2.33. The summed E-state index contributed by atoms with van der Waals surface area (Å²) in [6.07, 6.45) is 8.93. The first kappa shape index (κ1) is 23.7. The van der Waals surface area contributed by atoms with E-state index in [1.54, 1.807) is 11.0 Å². The van der Waals surface area contributed by atoms with E-state index >= 15 is 0 Å². The molecule has 0 bridgehead atoms. The van der Waals surface area contributed by atoms with Crippen LogP contribution in [0.1, 0.15) is 61.6 Å². The Kier molecular flexibility index (Phi) is 9.96. The van der Waals surface area contributed by atoms with Crippen molar-refractivity contribution in [3.8, 4) is 0 Å². The molecular weight excluding hydrogens is 406 g/mol. The van der Waals surface area contributed by atoms with E-state index in [1.165, 1.54) is 43.4 Å². The molecule has 2 fully saturated rings. The van der Waals surface area contributed by atoms with Crippen molar-refractivity contribution in [1.82, 2.24) is 14.9 Å². The van der Waals surface area contributed by atoms with E-state index in [0.717, 1.165) is 17.2 Å². The van der Waals surface area contributed by atoms with Gasteiger partial charge in [-0.15, -0.1) is 11.3 Å². The number of nitrogen functional groups attached to an aromatic ring is 1. The number of amides is 2. The van der Waals surface area contributed by atoms with Crippen LogP contribution in [0.3, 0.4) is 0 Å². The second-order valence-electron chi connectivity index (χ2n) is 7.72. The zero-order valence-corrected chi connectivity index (χ0v) is 18.8. The van der Waals surface area contributed by atoms with Gasteiger partial charge in [0.05, 0.1) is 18.0 Å². The number of likely N-dealkylation sites (tertiary alicyclic amines) is 1. The first-order chi connectivity index (χ1) is 13.9. The van der Waals surface area contributed by atoms with E-state index in [2.05, 4.69) is 29.8 Å². The van der Waals surface area contributed by atoms with Crippen molar-refractivity contribution in [3.05, 3.63) is 21.9 Å². The fraction of sp³-hybridized carbons (Fsp3) is 0.650. The summed E-state index contributed by atoms with van der Waals surface area (Å²) in [6, 6.07) is 3.18. The van der Waals surface area contributed by atoms with Crippen LogP contribution in [0, 0.1) is 11.3 Å². The smallest absolute Gasteiger partial charge is 0.243 e. The maximum Gasteiger partial charge on any atom is 0.243 e. The molecule has 1 saturated carbocycles. The molecule has 1 aromatic heterocycles. The third-order valence-corrected chi connectivity index (χ3v) is 6.64. The lowest BCUT2D eigenvalue weighted by molar-refractivity contribution is -0.137. The lowest BCUT2D eigenvalue weighted by atomic mass is 9.91. The van der Waals surface area contributed by atoms with Crippen molar-refractivity contribution in [2.24, 2.45) is 11.7 Å².